The molecule has 0 aliphatic rings. The van der Waals surface area contributed by atoms with E-state index in [2.05, 4.69) is 98.0 Å². The minimum Gasteiger partial charge on any atom is -0.398 e. The third-order valence-corrected chi connectivity index (χ3v) is 6.74. The van der Waals surface area contributed by atoms with Crippen molar-refractivity contribution in [3.8, 4) is 45.7 Å². The second-order valence-corrected chi connectivity index (χ2v) is 10.3. The van der Waals surface area contributed by atoms with Crippen LogP contribution in [0.15, 0.2) is 97.3 Å². The summed E-state index contributed by atoms with van der Waals surface area (Å²) in [6.07, 6.45) is 3.57. The summed E-state index contributed by atoms with van der Waals surface area (Å²) < 4.78 is 0. The first-order valence-corrected chi connectivity index (χ1v) is 13.3. The molecule has 4 heteroatoms. The standard InChI is InChI=1S/C35H32N4/c1-23(2)29-19-26(20-30(24(3)4)35(29)36)12-11-25-13-15-27(16-14-25)28-21-33(31-9-5-7-17-37-31)39-34(22-28)32-10-6-8-18-38-32/h5-10,13-24H,36H2,1-4H3. The molecule has 5 rings (SSSR count). The Kier molecular flexibility index (Phi) is 7.52. The summed E-state index contributed by atoms with van der Waals surface area (Å²) in [4.78, 5) is 13.9. The highest BCUT2D eigenvalue weighted by Crippen LogP contribution is 2.32. The van der Waals surface area contributed by atoms with Crippen molar-refractivity contribution in [3.63, 3.8) is 0 Å². The molecule has 0 atom stereocenters. The van der Waals surface area contributed by atoms with E-state index >= 15 is 0 Å². The van der Waals surface area contributed by atoms with E-state index < -0.39 is 0 Å². The van der Waals surface area contributed by atoms with Gasteiger partial charge in [-0.25, -0.2) is 4.98 Å². The topological polar surface area (TPSA) is 64.7 Å². The van der Waals surface area contributed by atoms with Gasteiger partial charge in [-0.3, -0.25) is 9.97 Å². The van der Waals surface area contributed by atoms with E-state index in [9.17, 15) is 0 Å². The van der Waals surface area contributed by atoms with Crippen molar-refractivity contribution in [3.05, 3.63) is 120 Å². The lowest BCUT2D eigenvalue weighted by Gasteiger charge is -2.17. The first-order chi connectivity index (χ1) is 18.9. The molecule has 192 valence electrons. The van der Waals surface area contributed by atoms with Crippen LogP contribution in [0.4, 0.5) is 5.69 Å². The maximum atomic E-state index is 6.47. The minimum atomic E-state index is 0.343. The predicted octanol–water partition coefficient (Wildman–Crippen LogP) is 8.10. The highest BCUT2D eigenvalue weighted by molar-refractivity contribution is 5.75. The van der Waals surface area contributed by atoms with Gasteiger partial charge < -0.3 is 5.73 Å². The van der Waals surface area contributed by atoms with Gasteiger partial charge in [-0.2, -0.15) is 0 Å². The third kappa shape index (κ3) is 5.89. The maximum Gasteiger partial charge on any atom is 0.0900 e. The Morgan fingerprint density at radius 2 is 1.08 bits per heavy atom. The van der Waals surface area contributed by atoms with Gasteiger partial charge in [0.05, 0.1) is 22.8 Å². The van der Waals surface area contributed by atoms with Gasteiger partial charge in [-0.15, -0.1) is 0 Å². The average molecular weight is 509 g/mol. The Hall–Kier alpha value is -4.75. The van der Waals surface area contributed by atoms with Crippen molar-refractivity contribution in [2.45, 2.75) is 39.5 Å². The molecular formula is C35H32N4. The van der Waals surface area contributed by atoms with Crippen LogP contribution in [0, 0.1) is 11.8 Å². The van der Waals surface area contributed by atoms with E-state index in [1.165, 1.54) is 0 Å². The van der Waals surface area contributed by atoms with Crippen LogP contribution in [0.5, 0.6) is 0 Å². The van der Waals surface area contributed by atoms with Gasteiger partial charge >= 0.3 is 0 Å². The fourth-order valence-corrected chi connectivity index (χ4v) is 4.60. The van der Waals surface area contributed by atoms with Gasteiger partial charge in [0.15, 0.2) is 0 Å². The summed E-state index contributed by atoms with van der Waals surface area (Å²) in [5.41, 5.74) is 17.0. The molecule has 0 saturated carbocycles. The van der Waals surface area contributed by atoms with Gasteiger partial charge in [0.2, 0.25) is 0 Å². The summed E-state index contributed by atoms with van der Waals surface area (Å²) in [7, 11) is 0. The zero-order valence-corrected chi connectivity index (χ0v) is 22.8. The third-order valence-electron chi connectivity index (χ3n) is 6.74. The van der Waals surface area contributed by atoms with Crippen LogP contribution in [0.1, 0.15) is 61.8 Å². The SMILES string of the molecule is CC(C)c1cc(C#Cc2ccc(-c3cc(-c4ccccn4)nc(-c4ccccn4)c3)cc2)cc(C(C)C)c1N. The Balaban J connectivity index is 1.50. The smallest absolute Gasteiger partial charge is 0.0900 e. The van der Waals surface area contributed by atoms with Crippen LogP contribution in [-0.4, -0.2) is 15.0 Å². The molecule has 2 N–H and O–H groups in total. The Morgan fingerprint density at radius 3 is 1.54 bits per heavy atom. The highest BCUT2D eigenvalue weighted by atomic mass is 14.8. The van der Waals surface area contributed by atoms with Crippen LogP contribution in [0.25, 0.3) is 33.9 Å². The maximum absolute atomic E-state index is 6.47. The molecule has 0 aliphatic carbocycles. The molecule has 0 unspecified atom stereocenters. The van der Waals surface area contributed by atoms with Crippen LogP contribution in [0.2, 0.25) is 0 Å². The van der Waals surface area contributed by atoms with E-state index in [-0.39, 0.29) is 0 Å². The number of nitrogens with two attached hydrogens (primary N) is 1. The summed E-state index contributed by atoms with van der Waals surface area (Å²) in [6.45, 7) is 8.68. The molecular weight excluding hydrogens is 476 g/mol. The number of rotatable bonds is 5. The van der Waals surface area contributed by atoms with Crippen LogP contribution in [0.3, 0.4) is 0 Å². The number of nitrogens with zero attached hydrogens (tertiary/aromatic N) is 3. The number of anilines is 1. The van der Waals surface area contributed by atoms with Crippen molar-refractivity contribution in [2.24, 2.45) is 0 Å². The predicted molar refractivity (Wildman–Crippen MR) is 161 cm³/mol. The van der Waals surface area contributed by atoms with Crippen LogP contribution < -0.4 is 5.73 Å². The highest BCUT2D eigenvalue weighted by Gasteiger charge is 2.13. The molecule has 0 saturated heterocycles. The molecule has 0 radical (unpaired) electrons. The number of benzene rings is 2. The second-order valence-electron chi connectivity index (χ2n) is 10.3. The summed E-state index contributed by atoms with van der Waals surface area (Å²) in [6, 6.07) is 28.4. The van der Waals surface area contributed by atoms with Gasteiger partial charge in [-0.05, 0) is 94.8 Å². The lowest BCUT2D eigenvalue weighted by Crippen LogP contribution is -2.04. The van der Waals surface area contributed by atoms with E-state index in [1.807, 2.05) is 36.4 Å². The van der Waals surface area contributed by atoms with Gasteiger partial charge in [-0.1, -0.05) is 63.8 Å². The number of hydrogen-bond acceptors (Lipinski definition) is 4. The first kappa shape index (κ1) is 25.9. The van der Waals surface area contributed by atoms with Crippen molar-refractivity contribution in [1.29, 1.82) is 0 Å². The molecule has 0 fully saturated rings. The quantitative estimate of drug-likeness (QED) is 0.192. The lowest BCUT2D eigenvalue weighted by molar-refractivity contribution is 0.839. The van der Waals surface area contributed by atoms with Crippen molar-refractivity contribution < 1.29 is 0 Å². The van der Waals surface area contributed by atoms with Crippen LogP contribution >= 0.6 is 0 Å². The lowest BCUT2D eigenvalue weighted by atomic mass is 9.90. The largest absolute Gasteiger partial charge is 0.398 e. The zero-order chi connectivity index (χ0) is 27.4. The molecule has 5 aromatic rings. The van der Waals surface area contributed by atoms with E-state index in [0.29, 0.717) is 11.8 Å². The fourth-order valence-electron chi connectivity index (χ4n) is 4.60. The number of hydrogen-bond donors (Lipinski definition) is 1. The molecule has 3 aromatic heterocycles. The second kappa shape index (κ2) is 11.3. The van der Waals surface area contributed by atoms with Crippen molar-refractivity contribution in [2.75, 3.05) is 5.73 Å². The summed E-state index contributed by atoms with van der Waals surface area (Å²) in [5.74, 6) is 7.40. The molecule has 39 heavy (non-hydrogen) atoms. The van der Waals surface area contributed by atoms with Gasteiger partial charge in [0.1, 0.15) is 0 Å². The monoisotopic (exact) mass is 508 g/mol. The Bertz CT molecular complexity index is 1560. The van der Waals surface area contributed by atoms with E-state index in [4.69, 9.17) is 10.7 Å². The Labute approximate surface area is 231 Å². The first-order valence-electron chi connectivity index (χ1n) is 13.3. The molecule has 0 bridgehead atoms. The number of nitrogen functional groups attached to an aromatic ring is 1. The summed E-state index contributed by atoms with van der Waals surface area (Å²) in [5, 5.41) is 0. The molecule has 3 heterocycles. The van der Waals surface area contributed by atoms with Crippen LogP contribution in [-0.2, 0) is 0 Å². The molecule has 2 aromatic carbocycles. The van der Waals surface area contributed by atoms with Crippen molar-refractivity contribution >= 4 is 5.69 Å². The van der Waals surface area contributed by atoms with Gasteiger partial charge in [0.25, 0.3) is 0 Å². The van der Waals surface area contributed by atoms with E-state index in [1.54, 1.807) is 12.4 Å². The molecule has 0 amide bonds. The molecule has 0 spiro atoms. The van der Waals surface area contributed by atoms with Crippen molar-refractivity contribution in [1.82, 2.24) is 15.0 Å². The Morgan fingerprint density at radius 1 is 0.564 bits per heavy atom. The number of aromatic nitrogens is 3. The minimum absolute atomic E-state index is 0.343. The van der Waals surface area contributed by atoms with Gasteiger partial charge in [0, 0.05) is 29.2 Å². The normalized spacial score (nSPS) is 10.9. The molecule has 4 nitrogen and oxygen atoms in total. The zero-order valence-electron chi connectivity index (χ0n) is 22.8. The summed E-state index contributed by atoms with van der Waals surface area (Å²) >= 11 is 0. The molecule has 0 aliphatic heterocycles. The average Bonchev–Trinajstić information content (AvgIpc) is 2.97. The fraction of sp³-hybridized carbons (Fsp3) is 0.171. The number of pyridine rings is 3. The van der Waals surface area contributed by atoms with E-state index in [0.717, 1.165) is 61.8 Å².